The predicted octanol–water partition coefficient (Wildman–Crippen LogP) is 3.46. The van der Waals surface area contributed by atoms with Crippen molar-refractivity contribution >= 4 is 5.91 Å². The number of fused-ring (bicyclic) bond motifs is 2. The van der Waals surface area contributed by atoms with Crippen molar-refractivity contribution in [1.29, 1.82) is 0 Å². The third-order valence-corrected chi connectivity index (χ3v) is 6.19. The van der Waals surface area contributed by atoms with Crippen molar-refractivity contribution in [1.82, 2.24) is 4.90 Å². The van der Waals surface area contributed by atoms with E-state index < -0.39 is 0 Å². The third-order valence-electron chi connectivity index (χ3n) is 6.19. The standard InChI is InChI=1S/C18H32N2O/c1-2-3-4-13-5-7-14(8-6-13)18(21)20-16-9-10-17(20)12-15(19)11-16/h13-17H,2-12,19H2,1H3. The Hall–Kier alpha value is -0.570. The first-order chi connectivity index (χ1) is 10.2. The van der Waals surface area contributed by atoms with Crippen LogP contribution in [0.2, 0.25) is 0 Å². The molecule has 2 saturated heterocycles. The van der Waals surface area contributed by atoms with Crippen molar-refractivity contribution in [3.05, 3.63) is 0 Å². The van der Waals surface area contributed by atoms with E-state index in [0.717, 1.165) is 31.6 Å². The first-order valence-corrected chi connectivity index (χ1v) is 9.26. The highest BCUT2D eigenvalue weighted by molar-refractivity contribution is 5.80. The summed E-state index contributed by atoms with van der Waals surface area (Å²) in [5.41, 5.74) is 6.12. The van der Waals surface area contributed by atoms with Crippen LogP contribution in [0.1, 0.15) is 77.6 Å². The molecule has 0 aromatic heterocycles. The minimum atomic E-state index is 0.320. The van der Waals surface area contributed by atoms with E-state index in [-0.39, 0.29) is 0 Å². The van der Waals surface area contributed by atoms with Gasteiger partial charge in [-0.1, -0.05) is 26.2 Å². The zero-order valence-corrected chi connectivity index (χ0v) is 13.6. The molecule has 2 heterocycles. The summed E-state index contributed by atoms with van der Waals surface area (Å²) in [7, 11) is 0. The van der Waals surface area contributed by atoms with Crippen LogP contribution >= 0.6 is 0 Å². The largest absolute Gasteiger partial charge is 0.336 e. The number of hydrogen-bond acceptors (Lipinski definition) is 2. The van der Waals surface area contributed by atoms with Crippen LogP contribution in [0.3, 0.4) is 0 Å². The molecule has 2 unspecified atom stereocenters. The van der Waals surface area contributed by atoms with Gasteiger partial charge in [0.15, 0.2) is 0 Å². The quantitative estimate of drug-likeness (QED) is 0.862. The first-order valence-electron chi connectivity index (χ1n) is 9.26. The molecule has 3 aliphatic rings. The second-order valence-corrected chi connectivity index (χ2v) is 7.72. The summed E-state index contributed by atoms with van der Waals surface area (Å²) in [6, 6.07) is 1.25. The maximum Gasteiger partial charge on any atom is 0.226 e. The van der Waals surface area contributed by atoms with Gasteiger partial charge in [-0.15, -0.1) is 0 Å². The van der Waals surface area contributed by atoms with Crippen LogP contribution in [-0.4, -0.2) is 28.9 Å². The maximum atomic E-state index is 12.9. The molecule has 2 atom stereocenters. The predicted molar refractivity (Wildman–Crippen MR) is 85.8 cm³/mol. The lowest BCUT2D eigenvalue weighted by molar-refractivity contribution is -0.141. The first kappa shape index (κ1) is 15.3. The number of amides is 1. The van der Waals surface area contributed by atoms with Gasteiger partial charge < -0.3 is 10.6 Å². The highest BCUT2D eigenvalue weighted by Crippen LogP contribution is 2.39. The Kier molecular flexibility index (Phi) is 4.88. The molecule has 3 rings (SSSR count). The van der Waals surface area contributed by atoms with Gasteiger partial charge in [0.1, 0.15) is 0 Å². The van der Waals surface area contributed by atoms with E-state index in [1.165, 1.54) is 44.9 Å². The van der Waals surface area contributed by atoms with E-state index in [1.54, 1.807) is 0 Å². The topological polar surface area (TPSA) is 46.3 Å². The highest BCUT2D eigenvalue weighted by Gasteiger charge is 2.44. The summed E-state index contributed by atoms with van der Waals surface area (Å²) in [6.07, 6.45) is 13.3. The second-order valence-electron chi connectivity index (χ2n) is 7.72. The van der Waals surface area contributed by atoms with Crippen LogP contribution < -0.4 is 5.73 Å². The normalized spacial score (nSPS) is 39.5. The van der Waals surface area contributed by atoms with Crippen molar-refractivity contribution in [3.8, 4) is 0 Å². The lowest BCUT2D eigenvalue weighted by atomic mass is 9.79. The molecular weight excluding hydrogens is 260 g/mol. The Morgan fingerprint density at radius 2 is 1.67 bits per heavy atom. The smallest absolute Gasteiger partial charge is 0.226 e. The van der Waals surface area contributed by atoms with Crippen LogP contribution in [0, 0.1) is 11.8 Å². The fourth-order valence-corrected chi connectivity index (χ4v) is 4.98. The summed E-state index contributed by atoms with van der Waals surface area (Å²) >= 11 is 0. The second kappa shape index (κ2) is 6.68. The lowest BCUT2D eigenvalue weighted by Gasteiger charge is -2.41. The monoisotopic (exact) mass is 292 g/mol. The number of carbonyl (C=O) groups is 1. The van der Waals surface area contributed by atoms with Crippen LogP contribution in [0.4, 0.5) is 0 Å². The summed E-state index contributed by atoms with van der Waals surface area (Å²) in [6.45, 7) is 2.27. The summed E-state index contributed by atoms with van der Waals surface area (Å²) in [5.74, 6) is 1.68. The number of nitrogens with two attached hydrogens (primary N) is 1. The average molecular weight is 292 g/mol. The molecule has 2 bridgehead atoms. The third kappa shape index (κ3) is 3.28. The Morgan fingerprint density at radius 3 is 2.24 bits per heavy atom. The minimum absolute atomic E-state index is 0.320. The van der Waals surface area contributed by atoms with Crippen molar-refractivity contribution in [2.75, 3.05) is 0 Å². The molecule has 3 fully saturated rings. The Labute approximate surface area is 129 Å². The fourth-order valence-electron chi connectivity index (χ4n) is 4.98. The van der Waals surface area contributed by atoms with Gasteiger partial charge in [-0.3, -0.25) is 4.79 Å². The number of unbranched alkanes of at least 4 members (excludes halogenated alkanes) is 1. The molecule has 0 aromatic rings. The molecule has 0 aromatic carbocycles. The maximum absolute atomic E-state index is 12.9. The van der Waals surface area contributed by atoms with Crippen molar-refractivity contribution in [2.45, 2.75) is 95.7 Å². The Balaban J connectivity index is 1.53. The van der Waals surface area contributed by atoms with Crippen molar-refractivity contribution in [2.24, 2.45) is 17.6 Å². The number of rotatable bonds is 4. The SMILES string of the molecule is CCCCC1CCC(C(=O)N2C3CCC2CC(N)C3)CC1. The molecule has 3 heteroatoms. The zero-order chi connectivity index (χ0) is 14.8. The van der Waals surface area contributed by atoms with Crippen LogP contribution in [0.5, 0.6) is 0 Å². The van der Waals surface area contributed by atoms with E-state index in [0.29, 0.717) is 30.0 Å². The molecule has 1 aliphatic carbocycles. The van der Waals surface area contributed by atoms with Gasteiger partial charge in [0.05, 0.1) is 0 Å². The van der Waals surface area contributed by atoms with Crippen molar-refractivity contribution < 1.29 is 4.79 Å². The van der Waals surface area contributed by atoms with Gasteiger partial charge in [-0.05, 0) is 57.3 Å². The molecule has 0 spiro atoms. The molecule has 1 amide bonds. The number of hydrogen-bond donors (Lipinski definition) is 1. The van der Waals surface area contributed by atoms with E-state index in [4.69, 9.17) is 5.73 Å². The number of nitrogens with zero attached hydrogens (tertiary/aromatic N) is 1. The van der Waals surface area contributed by atoms with Gasteiger partial charge in [0.25, 0.3) is 0 Å². The van der Waals surface area contributed by atoms with Gasteiger partial charge in [0, 0.05) is 24.0 Å². The Bertz CT molecular complexity index is 348. The molecule has 21 heavy (non-hydrogen) atoms. The van der Waals surface area contributed by atoms with E-state index in [9.17, 15) is 4.79 Å². The summed E-state index contributed by atoms with van der Waals surface area (Å²) in [5, 5.41) is 0. The number of carbonyl (C=O) groups excluding carboxylic acids is 1. The van der Waals surface area contributed by atoms with E-state index in [1.807, 2.05) is 0 Å². The van der Waals surface area contributed by atoms with Gasteiger partial charge in [0.2, 0.25) is 5.91 Å². The highest BCUT2D eigenvalue weighted by atomic mass is 16.2. The van der Waals surface area contributed by atoms with Crippen molar-refractivity contribution in [3.63, 3.8) is 0 Å². The molecule has 120 valence electrons. The molecular formula is C18H32N2O. The zero-order valence-electron chi connectivity index (χ0n) is 13.6. The molecule has 2 aliphatic heterocycles. The lowest BCUT2D eigenvalue weighted by Crippen LogP contribution is -2.52. The average Bonchev–Trinajstić information content (AvgIpc) is 2.77. The van der Waals surface area contributed by atoms with Gasteiger partial charge in [-0.25, -0.2) is 0 Å². The summed E-state index contributed by atoms with van der Waals surface area (Å²) in [4.78, 5) is 15.2. The van der Waals surface area contributed by atoms with Crippen LogP contribution in [0.15, 0.2) is 0 Å². The van der Waals surface area contributed by atoms with Crippen LogP contribution in [-0.2, 0) is 4.79 Å². The number of piperidine rings is 1. The minimum Gasteiger partial charge on any atom is -0.336 e. The molecule has 2 N–H and O–H groups in total. The van der Waals surface area contributed by atoms with Gasteiger partial charge in [-0.2, -0.15) is 0 Å². The molecule has 1 saturated carbocycles. The Morgan fingerprint density at radius 1 is 1.05 bits per heavy atom. The molecule has 0 radical (unpaired) electrons. The fraction of sp³-hybridized carbons (Fsp3) is 0.944. The van der Waals surface area contributed by atoms with Gasteiger partial charge >= 0.3 is 0 Å². The molecule has 3 nitrogen and oxygen atoms in total. The van der Waals surface area contributed by atoms with E-state index >= 15 is 0 Å². The summed E-state index contributed by atoms with van der Waals surface area (Å²) < 4.78 is 0. The van der Waals surface area contributed by atoms with E-state index in [2.05, 4.69) is 11.8 Å². The van der Waals surface area contributed by atoms with Crippen LogP contribution in [0.25, 0.3) is 0 Å².